The molecule has 1 unspecified atom stereocenters. The third kappa shape index (κ3) is 4.79. The van der Waals surface area contributed by atoms with Crippen LogP contribution in [0.15, 0.2) is 12.1 Å². The van der Waals surface area contributed by atoms with Gasteiger partial charge >= 0.3 is 0 Å². The first-order chi connectivity index (χ1) is 13.5. The number of rotatable bonds is 7. The van der Waals surface area contributed by atoms with Crippen molar-refractivity contribution < 1.29 is 19.7 Å². The van der Waals surface area contributed by atoms with Crippen LogP contribution in [0.5, 0.6) is 11.5 Å². The lowest BCUT2D eigenvalue weighted by Crippen LogP contribution is -2.47. The van der Waals surface area contributed by atoms with Gasteiger partial charge in [-0.2, -0.15) is 0 Å². The fourth-order valence-electron chi connectivity index (χ4n) is 5.29. The SMILES string of the molecule is CC(O)CCCCCC(C)(C)c1cc(O)c2c(c1)OC(C)(C)[C@@H]1CCC(=O)C[C@@H]21. The summed E-state index contributed by atoms with van der Waals surface area (Å²) in [4.78, 5) is 12.2. The number of phenols is 1. The van der Waals surface area contributed by atoms with E-state index in [0.717, 1.165) is 55.4 Å². The number of fused-ring (bicyclic) bond motifs is 3. The zero-order valence-electron chi connectivity index (χ0n) is 18.8. The van der Waals surface area contributed by atoms with Crippen molar-refractivity contribution in [2.24, 2.45) is 5.92 Å². The Morgan fingerprint density at radius 3 is 2.66 bits per heavy atom. The van der Waals surface area contributed by atoms with E-state index in [1.165, 1.54) is 0 Å². The Morgan fingerprint density at radius 2 is 1.97 bits per heavy atom. The topological polar surface area (TPSA) is 66.8 Å². The molecule has 2 N–H and O–H groups in total. The van der Waals surface area contributed by atoms with Gasteiger partial charge in [-0.3, -0.25) is 4.79 Å². The van der Waals surface area contributed by atoms with Gasteiger partial charge in [0.15, 0.2) is 0 Å². The molecule has 1 aliphatic heterocycles. The average molecular weight is 403 g/mol. The Kier molecular flexibility index (Phi) is 6.33. The molecular weight excluding hydrogens is 364 g/mol. The largest absolute Gasteiger partial charge is 0.508 e. The van der Waals surface area contributed by atoms with Crippen molar-refractivity contribution in [2.45, 2.75) is 109 Å². The molecule has 0 bridgehead atoms. The molecule has 1 heterocycles. The Balaban J connectivity index is 1.81. The van der Waals surface area contributed by atoms with Crippen LogP contribution in [-0.2, 0) is 10.2 Å². The van der Waals surface area contributed by atoms with Crippen molar-refractivity contribution in [2.75, 3.05) is 0 Å². The highest BCUT2D eigenvalue weighted by Gasteiger charge is 2.47. The zero-order chi connectivity index (χ0) is 21.4. The molecule has 3 rings (SSSR count). The second kappa shape index (κ2) is 8.29. The molecule has 1 saturated carbocycles. The maximum atomic E-state index is 12.2. The van der Waals surface area contributed by atoms with Crippen molar-refractivity contribution in [3.8, 4) is 11.5 Å². The molecule has 2 aliphatic rings. The van der Waals surface area contributed by atoms with Gasteiger partial charge in [0.25, 0.3) is 0 Å². The number of aliphatic hydroxyl groups excluding tert-OH is 1. The molecule has 4 heteroatoms. The molecule has 3 atom stereocenters. The summed E-state index contributed by atoms with van der Waals surface area (Å²) in [7, 11) is 0. The molecule has 4 nitrogen and oxygen atoms in total. The zero-order valence-corrected chi connectivity index (χ0v) is 18.8. The van der Waals surface area contributed by atoms with Crippen molar-refractivity contribution >= 4 is 5.78 Å². The predicted molar refractivity (Wildman–Crippen MR) is 116 cm³/mol. The second-order valence-electron chi connectivity index (χ2n) is 10.4. The van der Waals surface area contributed by atoms with Gasteiger partial charge in [-0.15, -0.1) is 0 Å². The lowest BCUT2D eigenvalue weighted by Gasteiger charge is -2.47. The summed E-state index contributed by atoms with van der Waals surface area (Å²) in [6.45, 7) is 10.5. The lowest BCUT2D eigenvalue weighted by atomic mass is 9.66. The van der Waals surface area contributed by atoms with Crippen LogP contribution in [0.4, 0.5) is 0 Å². The molecule has 0 saturated heterocycles. The van der Waals surface area contributed by atoms with Gasteiger partial charge in [0.05, 0.1) is 6.10 Å². The number of aromatic hydroxyl groups is 1. The number of benzene rings is 1. The van der Waals surface area contributed by atoms with Crippen LogP contribution in [0.1, 0.15) is 103 Å². The van der Waals surface area contributed by atoms with Crippen LogP contribution in [0.25, 0.3) is 0 Å². The number of Topliss-reactive ketones (excluding diaryl/α,β-unsaturated/α-hetero) is 1. The van der Waals surface area contributed by atoms with Crippen LogP contribution in [0, 0.1) is 5.92 Å². The highest BCUT2D eigenvalue weighted by Crippen LogP contribution is 2.54. The number of ether oxygens (including phenoxy) is 1. The van der Waals surface area contributed by atoms with Gasteiger partial charge in [-0.25, -0.2) is 0 Å². The third-order valence-corrected chi connectivity index (χ3v) is 7.13. The molecule has 0 amide bonds. The highest BCUT2D eigenvalue weighted by atomic mass is 16.5. The molecule has 29 heavy (non-hydrogen) atoms. The van der Waals surface area contributed by atoms with Gasteiger partial charge in [0, 0.05) is 30.2 Å². The number of hydrogen-bond acceptors (Lipinski definition) is 4. The van der Waals surface area contributed by atoms with Crippen molar-refractivity contribution in [1.29, 1.82) is 0 Å². The first-order valence-electron chi connectivity index (χ1n) is 11.3. The molecule has 0 radical (unpaired) electrons. The summed E-state index contributed by atoms with van der Waals surface area (Å²) in [5.41, 5.74) is 1.50. The van der Waals surface area contributed by atoms with Crippen molar-refractivity contribution in [3.63, 3.8) is 0 Å². The Hall–Kier alpha value is -1.55. The highest BCUT2D eigenvalue weighted by molar-refractivity contribution is 5.81. The molecule has 1 fully saturated rings. The first kappa shape index (κ1) is 22.1. The monoisotopic (exact) mass is 402 g/mol. The summed E-state index contributed by atoms with van der Waals surface area (Å²) < 4.78 is 6.41. The van der Waals surface area contributed by atoms with Crippen LogP contribution >= 0.6 is 0 Å². The van der Waals surface area contributed by atoms with Gasteiger partial charge in [-0.1, -0.05) is 33.1 Å². The number of ketones is 1. The minimum absolute atomic E-state index is 0.0487. The Bertz CT molecular complexity index is 747. The predicted octanol–water partition coefficient (Wildman–Crippen LogP) is 5.62. The molecule has 1 aliphatic carbocycles. The van der Waals surface area contributed by atoms with Crippen LogP contribution in [-0.4, -0.2) is 27.7 Å². The Labute approximate surface area is 175 Å². The maximum absolute atomic E-state index is 12.2. The molecule has 0 aromatic heterocycles. The normalized spacial score (nSPS) is 24.4. The van der Waals surface area contributed by atoms with Crippen molar-refractivity contribution in [3.05, 3.63) is 23.3 Å². The summed E-state index contributed by atoms with van der Waals surface area (Å²) in [5.74, 6) is 1.62. The molecule has 162 valence electrons. The van der Waals surface area contributed by atoms with Crippen LogP contribution in [0.3, 0.4) is 0 Å². The summed E-state index contributed by atoms with van der Waals surface area (Å²) in [5, 5.41) is 20.4. The van der Waals surface area contributed by atoms with E-state index < -0.39 is 0 Å². The summed E-state index contributed by atoms with van der Waals surface area (Å²) in [6, 6.07) is 3.99. The fourth-order valence-corrected chi connectivity index (χ4v) is 5.29. The van der Waals surface area contributed by atoms with Crippen LogP contribution in [0.2, 0.25) is 0 Å². The van der Waals surface area contributed by atoms with E-state index in [2.05, 4.69) is 33.8 Å². The van der Waals surface area contributed by atoms with Gasteiger partial charge < -0.3 is 14.9 Å². The third-order valence-electron chi connectivity index (χ3n) is 7.13. The molecule has 1 aromatic carbocycles. The molecule has 0 spiro atoms. The van der Waals surface area contributed by atoms with E-state index in [-0.39, 0.29) is 40.5 Å². The second-order valence-corrected chi connectivity index (χ2v) is 10.4. The van der Waals surface area contributed by atoms with E-state index in [1.54, 1.807) is 0 Å². The number of unbranched alkanes of at least 4 members (excludes halogenated alkanes) is 2. The fraction of sp³-hybridized carbons (Fsp3) is 0.720. The quantitative estimate of drug-likeness (QED) is 0.581. The summed E-state index contributed by atoms with van der Waals surface area (Å²) >= 11 is 0. The number of hydrogen-bond donors (Lipinski definition) is 2. The minimum Gasteiger partial charge on any atom is -0.508 e. The van der Waals surface area contributed by atoms with Crippen molar-refractivity contribution in [1.82, 2.24) is 0 Å². The summed E-state index contributed by atoms with van der Waals surface area (Å²) in [6.07, 6.45) is 6.81. The lowest BCUT2D eigenvalue weighted by molar-refractivity contribution is -0.124. The number of aliphatic hydroxyl groups is 1. The number of carbonyl (C=O) groups is 1. The van der Waals surface area contributed by atoms with E-state index >= 15 is 0 Å². The minimum atomic E-state index is -0.339. The molecule has 1 aromatic rings. The average Bonchev–Trinajstić information content (AvgIpc) is 2.59. The van der Waals surface area contributed by atoms with E-state index in [9.17, 15) is 15.0 Å². The first-order valence-corrected chi connectivity index (χ1v) is 11.3. The maximum Gasteiger partial charge on any atom is 0.133 e. The Morgan fingerprint density at radius 1 is 1.24 bits per heavy atom. The van der Waals surface area contributed by atoms with E-state index in [1.807, 2.05) is 13.0 Å². The van der Waals surface area contributed by atoms with Crippen LogP contribution < -0.4 is 4.74 Å². The number of carbonyl (C=O) groups excluding carboxylic acids is 1. The smallest absolute Gasteiger partial charge is 0.133 e. The van der Waals surface area contributed by atoms with E-state index in [0.29, 0.717) is 12.8 Å². The van der Waals surface area contributed by atoms with E-state index in [4.69, 9.17) is 4.74 Å². The number of phenolic OH excluding ortho intramolecular Hbond substituents is 1. The molecular formula is C25H38O4. The van der Waals surface area contributed by atoms with Gasteiger partial charge in [0.2, 0.25) is 0 Å². The standard InChI is InChI=1S/C25H38O4/c1-16(26)9-7-6-8-12-24(2,3)17-13-21(28)23-19-15-18(27)10-11-20(19)25(4,5)29-22(23)14-17/h13-14,16,19-20,26,28H,6-12,15H2,1-5H3/t16?,19-,20-/m1/s1. The van der Waals surface area contributed by atoms with Gasteiger partial charge in [0.1, 0.15) is 22.9 Å². The van der Waals surface area contributed by atoms with Gasteiger partial charge in [-0.05, 0) is 63.1 Å².